The molecule has 4 nitrogen and oxygen atoms in total. The molecule has 0 bridgehead atoms. The third kappa shape index (κ3) is 3.06. The second-order valence-corrected chi connectivity index (χ2v) is 9.18. The fraction of sp³-hybridized carbons (Fsp3) is 0.400. The Labute approximate surface area is 154 Å². The van der Waals surface area contributed by atoms with Gasteiger partial charge in [-0.25, -0.2) is 12.8 Å². The molecule has 0 aliphatic carbocycles. The minimum Gasteiger partial charge on any atom is -0.292 e. The summed E-state index contributed by atoms with van der Waals surface area (Å²) in [5.41, 5.74) is 0.502. The Balaban J connectivity index is 1.55. The van der Waals surface area contributed by atoms with E-state index in [4.69, 9.17) is 0 Å². The van der Waals surface area contributed by atoms with Crippen LogP contribution in [-0.4, -0.2) is 42.8 Å². The highest BCUT2D eigenvalue weighted by Gasteiger charge is 2.48. The largest absolute Gasteiger partial charge is 0.292 e. The fourth-order valence-electron chi connectivity index (χ4n) is 4.30. The smallest absolute Gasteiger partial charge is 0.243 e. The lowest BCUT2D eigenvalue weighted by atomic mass is 9.95. The maximum absolute atomic E-state index is 14.1. The zero-order chi connectivity index (χ0) is 18.2. The molecule has 26 heavy (non-hydrogen) atoms. The summed E-state index contributed by atoms with van der Waals surface area (Å²) in [5.74, 6) is -0.193. The highest BCUT2D eigenvalue weighted by Crippen LogP contribution is 2.40. The van der Waals surface area contributed by atoms with Gasteiger partial charge in [-0.1, -0.05) is 36.4 Å². The summed E-state index contributed by atoms with van der Waals surface area (Å²) < 4.78 is 41.6. The van der Waals surface area contributed by atoms with Crippen molar-refractivity contribution in [3.8, 4) is 0 Å². The van der Waals surface area contributed by atoms with Gasteiger partial charge in [0.05, 0.1) is 4.90 Å². The first kappa shape index (κ1) is 17.6. The Morgan fingerprint density at radius 2 is 1.69 bits per heavy atom. The molecule has 138 valence electrons. The number of likely N-dealkylation sites (tertiary alicyclic amines) is 1. The molecule has 0 aromatic heterocycles. The summed E-state index contributed by atoms with van der Waals surface area (Å²) >= 11 is 0. The van der Waals surface area contributed by atoms with E-state index in [-0.39, 0.29) is 11.4 Å². The van der Waals surface area contributed by atoms with E-state index in [2.05, 4.69) is 4.90 Å². The van der Waals surface area contributed by atoms with Crippen LogP contribution in [0.3, 0.4) is 0 Å². The topological polar surface area (TPSA) is 40.6 Å². The van der Waals surface area contributed by atoms with Crippen LogP contribution in [0, 0.1) is 5.82 Å². The van der Waals surface area contributed by atoms with E-state index < -0.39 is 10.0 Å². The van der Waals surface area contributed by atoms with Gasteiger partial charge in [0, 0.05) is 30.7 Å². The zero-order valence-corrected chi connectivity index (χ0v) is 15.5. The molecule has 1 spiro atoms. The number of rotatable bonds is 4. The molecule has 4 rings (SSSR count). The van der Waals surface area contributed by atoms with Crippen molar-refractivity contribution in [1.29, 1.82) is 0 Å². The minimum absolute atomic E-state index is 0.176. The van der Waals surface area contributed by atoms with Crippen LogP contribution < -0.4 is 0 Å². The van der Waals surface area contributed by atoms with Crippen molar-refractivity contribution in [2.45, 2.75) is 36.2 Å². The van der Waals surface area contributed by atoms with Gasteiger partial charge in [0.1, 0.15) is 5.82 Å². The van der Waals surface area contributed by atoms with Crippen LogP contribution >= 0.6 is 0 Å². The standard InChI is InChI=1S/C20H23FN2O2S/c21-19-10-5-4-7-17(19)15-22-13-6-11-20(22)12-14-23(16-20)26(24,25)18-8-2-1-3-9-18/h1-5,7-10H,6,11-16H2. The fourth-order valence-corrected chi connectivity index (χ4v) is 5.84. The van der Waals surface area contributed by atoms with Crippen LogP contribution in [-0.2, 0) is 16.6 Å². The molecule has 0 amide bonds. The minimum atomic E-state index is -3.47. The normalized spacial score (nSPS) is 24.5. The van der Waals surface area contributed by atoms with Gasteiger partial charge < -0.3 is 0 Å². The first-order chi connectivity index (χ1) is 12.5. The zero-order valence-electron chi connectivity index (χ0n) is 14.6. The molecule has 2 fully saturated rings. The Morgan fingerprint density at radius 1 is 0.962 bits per heavy atom. The van der Waals surface area contributed by atoms with Crippen LogP contribution in [0.1, 0.15) is 24.8 Å². The average molecular weight is 374 g/mol. The van der Waals surface area contributed by atoms with E-state index in [1.165, 1.54) is 6.07 Å². The van der Waals surface area contributed by atoms with Gasteiger partial charge in [-0.2, -0.15) is 4.31 Å². The second kappa shape index (κ2) is 6.76. The summed E-state index contributed by atoms with van der Waals surface area (Å²) in [7, 11) is -3.47. The van der Waals surface area contributed by atoms with Crippen molar-refractivity contribution in [3.05, 3.63) is 66.0 Å². The first-order valence-corrected chi connectivity index (χ1v) is 10.5. The van der Waals surface area contributed by atoms with E-state index in [0.717, 1.165) is 25.8 Å². The molecule has 1 unspecified atom stereocenters. The van der Waals surface area contributed by atoms with Gasteiger partial charge in [0.25, 0.3) is 0 Å². The van der Waals surface area contributed by atoms with Crippen LogP contribution in [0.5, 0.6) is 0 Å². The molecule has 0 radical (unpaired) electrons. The first-order valence-electron chi connectivity index (χ1n) is 9.05. The number of sulfonamides is 1. The van der Waals surface area contributed by atoms with Gasteiger partial charge in [-0.05, 0) is 44.0 Å². The SMILES string of the molecule is O=S(=O)(c1ccccc1)N1CCC2(CCCN2Cc2ccccc2F)C1. The molecular formula is C20H23FN2O2S. The summed E-state index contributed by atoms with van der Waals surface area (Å²) in [4.78, 5) is 2.63. The molecule has 6 heteroatoms. The molecular weight excluding hydrogens is 351 g/mol. The summed E-state index contributed by atoms with van der Waals surface area (Å²) in [6.45, 7) is 2.42. The molecule has 2 aliphatic heterocycles. The van der Waals surface area contributed by atoms with E-state index in [1.54, 1.807) is 34.6 Å². The third-order valence-electron chi connectivity index (χ3n) is 5.74. The van der Waals surface area contributed by atoms with Crippen molar-refractivity contribution in [3.63, 3.8) is 0 Å². The second-order valence-electron chi connectivity index (χ2n) is 7.24. The van der Waals surface area contributed by atoms with Crippen LogP contribution in [0.15, 0.2) is 59.5 Å². The summed E-state index contributed by atoms with van der Waals surface area (Å²) in [6.07, 6.45) is 2.78. The maximum Gasteiger partial charge on any atom is 0.243 e. The maximum atomic E-state index is 14.1. The molecule has 2 aromatic carbocycles. The number of nitrogens with zero attached hydrogens (tertiary/aromatic N) is 2. The molecule has 1 atom stereocenters. The predicted molar refractivity (Wildman–Crippen MR) is 98.6 cm³/mol. The molecule has 0 N–H and O–H groups in total. The Bertz CT molecular complexity index is 888. The summed E-state index contributed by atoms with van der Waals surface area (Å²) in [5, 5.41) is 0. The Kier molecular flexibility index (Phi) is 4.59. The van der Waals surface area contributed by atoms with E-state index in [0.29, 0.717) is 30.1 Å². The van der Waals surface area contributed by atoms with Gasteiger partial charge in [-0.15, -0.1) is 0 Å². The van der Waals surface area contributed by atoms with E-state index in [1.807, 2.05) is 18.2 Å². The lowest BCUT2D eigenvalue weighted by molar-refractivity contribution is 0.140. The van der Waals surface area contributed by atoms with Gasteiger partial charge >= 0.3 is 0 Å². The van der Waals surface area contributed by atoms with Crippen LogP contribution in [0.4, 0.5) is 4.39 Å². The Morgan fingerprint density at radius 3 is 2.46 bits per heavy atom. The van der Waals surface area contributed by atoms with Crippen molar-refractivity contribution < 1.29 is 12.8 Å². The molecule has 2 heterocycles. The molecule has 2 aromatic rings. The van der Waals surface area contributed by atoms with E-state index in [9.17, 15) is 12.8 Å². The Hall–Kier alpha value is -1.76. The molecule has 0 saturated carbocycles. The highest BCUT2D eigenvalue weighted by atomic mass is 32.2. The number of hydrogen-bond donors (Lipinski definition) is 0. The van der Waals surface area contributed by atoms with Crippen molar-refractivity contribution in [1.82, 2.24) is 9.21 Å². The van der Waals surface area contributed by atoms with Gasteiger partial charge in [-0.3, -0.25) is 4.90 Å². The highest BCUT2D eigenvalue weighted by molar-refractivity contribution is 7.89. The predicted octanol–water partition coefficient (Wildman–Crippen LogP) is 3.25. The van der Waals surface area contributed by atoms with Crippen LogP contribution in [0.2, 0.25) is 0 Å². The van der Waals surface area contributed by atoms with Crippen molar-refractivity contribution in [2.24, 2.45) is 0 Å². The lowest BCUT2D eigenvalue weighted by Crippen LogP contribution is -2.46. The molecule has 2 saturated heterocycles. The van der Waals surface area contributed by atoms with Crippen molar-refractivity contribution >= 4 is 10.0 Å². The quantitative estimate of drug-likeness (QED) is 0.825. The van der Waals surface area contributed by atoms with Gasteiger partial charge in [0.2, 0.25) is 10.0 Å². The van der Waals surface area contributed by atoms with Crippen LogP contribution in [0.25, 0.3) is 0 Å². The van der Waals surface area contributed by atoms with E-state index >= 15 is 0 Å². The third-order valence-corrected chi connectivity index (χ3v) is 7.60. The summed E-state index contributed by atoms with van der Waals surface area (Å²) in [6, 6.07) is 15.4. The molecule has 2 aliphatic rings. The van der Waals surface area contributed by atoms with Gasteiger partial charge in [0.15, 0.2) is 0 Å². The lowest BCUT2D eigenvalue weighted by Gasteiger charge is -2.35. The monoisotopic (exact) mass is 374 g/mol. The number of hydrogen-bond acceptors (Lipinski definition) is 3. The number of benzene rings is 2. The van der Waals surface area contributed by atoms with Crippen molar-refractivity contribution in [2.75, 3.05) is 19.6 Å². The average Bonchev–Trinajstić information content (AvgIpc) is 3.26. The number of halogens is 1.